The van der Waals surface area contributed by atoms with Crippen LogP contribution in [0.2, 0.25) is 0 Å². The van der Waals surface area contributed by atoms with Crippen LogP contribution in [0.1, 0.15) is 99.3 Å². The van der Waals surface area contributed by atoms with Crippen molar-refractivity contribution in [2.24, 2.45) is 23.2 Å². The van der Waals surface area contributed by atoms with Crippen molar-refractivity contribution in [2.45, 2.75) is 123 Å². The normalized spacial score (nSPS) is 30.9. The topological polar surface area (TPSA) is 74.2 Å². The van der Waals surface area contributed by atoms with Crippen molar-refractivity contribution < 1.29 is 27.7 Å². The van der Waals surface area contributed by atoms with E-state index in [1.54, 1.807) is 0 Å². The zero-order valence-corrected chi connectivity index (χ0v) is 24.1. The van der Waals surface area contributed by atoms with Gasteiger partial charge in [-0.2, -0.15) is 0 Å². The molecule has 2 radical (unpaired) electrons. The van der Waals surface area contributed by atoms with Gasteiger partial charge in [-0.25, -0.2) is 0 Å². The van der Waals surface area contributed by atoms with Crippen molar-refractivity contribution in [1.82, 2.24) is 0 Å². The lowest BCUT2D eigenvalue weighted by Crippen LogP contribution is -2.57. The van der Waals surface area contributed by atoms with Gasteiger partial charge < -0.3 is 22.9 Å². The second-order valence-corrected chi connectivity index (χ2v) is 12.6. The molecule has 0 aromatic carbocycles. The lowest BCUT2D eigenvalue weighted by atomic mass is 9.69. The third-order valence-corrected chi connectivity index (χ3v) is 8.76. The molecule has 6 atom stereocenters. The van der Waals surface area contributed by atoms with Crippen molar-refractivity contribution in [3.63, 3.8) is 0 Å². The highest BCUT2D eigenvalue weighted by atomic mass is 32.2. The Balaban J connectivity index is 2.23. The molecule has 0 amide bonds. The fourth-order valence-corrected chi connectivity index (χ4v) is 6.87. The van der Waals surface area contributed by atoms with Gasteiger partial charge in [-0.15, -0.1) is 0 Å². The summed E-state index contributed by atoms with van der Waals surface area (Å²) in [6.45, 7) is 13.9. The van der Waals surface area contributed by atoms with Crippen LogP contribution in [0.3, 0.4) is 0 Å². The van der Waals surface area contributed by atoms with E-state index in [4.69, 9.17) is 20.5 Å². The van der Waals surface area contributed by atoms with Crippen molar-refractivity contribution in [3.05, 3.63) is 0 Å². The molecule has 200 valence electrons. The summed E-state index contributed by atoms with van der Waals surface area (Å²) in [4.78, 5) is 11.3. The van der Waals surface area contributed by atoms with Gasteiger partial charge in [-0.05, 0) is 52.0 Å². The quantitative estimate of drug-likeness (QED) is 0.212. The predicted molar refractivity (Wildman–Crippen MR) is 148 cm³/mol. The Morgan fingerprint density at radius 1 is 1.26 bits per heavy atom. The standard InChI is InChI=1S/C25H46B2O6S2/c1-17(2)21-10-9-18(3)15-25(21)30-13-11-20(31-25)16-24(33-35-27,23(4,5)6)12-7-8-19(32-34-26)14-22(28)29/h17-21,26-27H,7-16H2,1-6H3,(H,28,29)/t18-,19-,20+,21+,24+,25+/m1/s1/i26T,27T. The molecule has 2 fully saturated rings. The molecule has 6 nitrogen and oxygen atoms in total. The average Bonchev–Trinajstić information content (AvgIpc) is 2.79. The number of carboxylic acid groups (broad SMARTS) is 1. The van der Waals surface area contributed by atoms with Gasteiger partial charge >= 0.3 is 5.97 Å². The molecule has 0 unspecified atom stereocenters. The molecule has 1 aliphatic carbocycles. The summed E-state index contributed by atoms with van der Waals surface area (Å²) < 4.78 is 40.1. The van der Waals surface area contributed by atoms with Crippen LogP contribution in [0.15, 0.2) is 0 Å². The minimum atomic E-state index is -0.921. The first-order chi connectivity index (χ1) is 17.4. The minimum absolute atomic E-state index is 0.0367. The first kappa shape index (κ1) is 28.2. The summed E-state index contributed by atoms with van der Waals surface area (Å²) in [6.07, 6.45) is 5.92. The number of hydrogen-bond donors (Lipinski definition) is 1. The largest absolute Gasteiger partial charge is 0.481 e. The number of rotatable bonds is 15. The zero-order valence-electron chi connectivity index (χ0n) is 24.4. The molecule has 2 rings (SSSR count). The van der Waals surface area contributed by atoms with Gasteiger partial charge in [0.2, 0.25) is 14.2 Å². The second kappa shape index (κ2) is 13.8. The van der Waals surface area contributed by atoms with Crippen molar-refractivity contribution in [1.29, 1.82) is 2.67 Å². The lowest BCUT2D eigenvalue weighted by molar-refractivity contribution is -0.343. The molecule has 35 heavy (non-hydrogen) atoms. The molecule has 0 aromatic heterocycles. The molecule has 1 saturated heterocycles. The lowest BCUT2D eigenvalue weighted by Gasteiger charge is -2.53. The maximum absolute atomic E-state index is 11.3. The van der Waals surface area contributed by atoms with Gasteiger partial charge in [0.25, 0.3) is 0 Å². The number of carboxylic acids is 1. The van der Waals surface area contributed by atoms with Crippen LogP contribution in [0.5, 0.6) is 0 Å². The first-order valence-corrected chi connectivity index (χ1v) is 14.6. The molecule has 1 heterocycles. The zero-order chi connectivity index (χ0) is 27.7. The van der Waals surface area contributed by atoms with Gasteiger partial charge in [-0.3, -0.25) is 4.79 Å². The molecule has 2 aliphatic rings. The summed E-state index contributed by atoms with van der Waals surface area (Å²) in [5.41, 5.74) is -0.865. The highest BCUT2D eigenvalue weighted by molar-refractivity contribution is 8.16. The summed E-state index contributed by atoms with van der Waals surface area (Å²) in [6, 6.07) is 0. The minimum Gasteiger partial charge on any atom is -0.481 e. The predicted octanol–water partition coefficient (Wildman–Crippen LogP) is 5.73. The van der Waals surface area contributed by atoms with Crippen LogP contribution < -0.4 is 0 Å². The van der Waals surface area contributed by atoms with E-state index >= 15 is 0 Å². The molecule has 1 N–H and O–H groups in total. The Kier molecular flexibility index (Phi) is 11.1. The Labute approximate surface area is 226 Å². The molecule has 1 aliphatic heterocycles. The smallest absolute Gasteiger partial charge is 0.306 e. The van der Waals surface area contributed by atoms with Gasteiger partial charge in [0.15, 0.2) is 5.79 Å². The van der Waals surface area contributed by atoms with Crippen LogP contribution in [0, 0.1) is 23.2 Å². The highest BCUT2D eigenvalue weighted by Crippen LogP contribution is 2.50. The van der Waals surface area contributed by atoms with Crippen molar-refractivity contribution in [2.75, 3.05) is 6.61 Å². The third-order valence-electron chi connectivity index (χ3n) is 7.96. The van der Waals surface area contributed by atoms with Gasteiger partial charge in [0, 0.05) is 18.8 Å². The number of aliphatic carboxylic acids is 1. The molecule has 0 aromatic rings. The number of ether oxygens (including phenoxy) is 2. The molecule has 0 bridgehead atoms. The maximum atomic E-state index is 11.3. The highest BCUT2D eigenvalue weighted by Gasteiger charge is 2.52. The van der Waals surface area contributed by atoms with E-state index in [1.165, 1.54) is 13.5 Å². The van der Waals surface area contributed by atoms with Gasteiger partial charge in [0.1, 0.15) is 0 Å². The molecular formula is C25H46B2O6S2. The van der Waals surface area contributed by atoms with Gasteiger partial charge in [-0.1, -0.05) is 71.8 Å². The van der Waals surface area contributed by atoms with E-state index in [2.05, 4.69) is 41.5 Å². The van der Waals surface area contributed by atoms with Crippen LogP contribution >= 0.6 is 23.8 Å². The Morgan fingerprint density at radius 3 is 2.63 bits per heavy atom. The van der Waals surface area contributed by atoms with E-state index in [9.17, 15) is 9.90 Å². The Hall–Kier alpha value is 0.140. The second-order valence-electron chi connectivity index (χ2n) is 11.9. The monoisotopic (exact) mass is 532 g/mol. The van der Waals surface area contributed by atoms with E-state index in [1.807, 2.05) is 0 Å². The summed E-state index contributed by atoms with van der Waals surface area (Å²) in [7, 11) is 2.27. The van der Waals surface area contributed by atoms with Crippen LogP contribution in [-0.4, -0.2) is 58.1 Å². The maximum Gasteiger partial charge on any atom is 0.306 e. The van der Waals surface area contributed by atoms with E-state index in [0.29, 0.717) is 50.0 Å². The number of hydrogen-bond acceptors (Lipinski definition) is 7. The number of carbonyl (C=O) groups is 1. The molecule has 10 heteroatoms. The van der Waals surface area contributed by atoms with Crippen molar-refractivity contribution >= 4 is 43.9 Å². The van der Waals surface area contributed by atoms with Crippen LogP contribution in [-0.2, 0) is 22.6 Å². The van der Waals surface area contributed by atoms with Gasteiger partial charge in [0.05, 0.1) is 30.8 Å². The molecular weight excluding hydrogens is 482 g/mol. The van der Waals surface area contributed by atoms with Crippen LogP contribution in [0.25, 0.3) is 0 Å². The summed E-state index contributed by atoms with van der Waals surface area (Å²) in [5, 5.41) is 9.28. The fraction of sp³-hybridized carbons (Fsp3) is 0.960. The van der Waals surface area contributed by atoms with Crippen LogP contribution in [0.4, 0.5) is 0 Å². The summed E-state index contributed by atoms with van der Waals surface area (Å²) >= 11 is 1.90. The van der Waals surface area contributed by atoms with E-state index in [-0.39, 0.29) is 17.9 Å². The molecule has 1 saturated carbocycles. The first-order valence-electron chi connectivity index (χ1n) is 14.1. The Morgan fingerprint density at radius 2 is 2.00 bits per heavy atom. The third kappa shape index (κ3) is 8.57. The fourth-order valence-electron chi connectivity index (χ4n) is 5.96. The Bertz CT molecular complexity index is 705. The SMILES string of the molecule is [3H][B]SO[C@H](CCC[C@@](C[C@@H]1CCO[C@@]2(C[C@H](C)CC[C@H]2C(C)C)O1)(OS[B][3H])C(C)(C)C)CC(=O)O. The summed E-state index contributed by atoms with van der Waals surface area (Å²) in [5.74, 6) is -0.107. The average molecular weight is 532 g/mol. The van der Waals surface area contributed by atoms with E-state index < -0.39 is 23.5 Å². The van der Waals surface area contributed by atoms with E-state index in [0.717, 1.165) is 50.1 Å². The van der Waals surface area contributed by atoms with Crippen molar-refractivity contribution in [3.8, 4) is 0 Å². The molecule has 1 spiro atoms.